The summed E-state index contributed by atoms with van der Waals surface area (Å²) < 4.78 is 0. The van der Waals surface area contributed by atoms with Gasteiger partial charge in [0.05, 0.1) is 17.1 Å². The van der Waals surface area contributed by atoms with Crippen molar-refractivity contribution in [3.63, 3.8) is 0 Å². The van der Waals surface area contributed by atoms with Gasteiger partial charge in [-0.2, -0.15) is 0 Å². The van der Waals surface area contributed by atoms with Crippen LogP contribution < -0.4 is 10.6 Å². The molecule has 1 aromatic rings. The van der Waals surface area contributed by atoms with E-state index in [-0.39, 0.29) is 5.91 Å². The van der Waals surface area contributed by atoms with Gasteiger partial charge in [-0.15, -0.1) is 0 Å². The van der Waals surface area contributed by atoms with Gasteiger partial charge in [0.15, 0.2) is 0 Å². The molecule has 2 atom stereocenters. The molecule has 4 rings (SSSR count). The number of hydrogen-bond acceptors (Lipinski definition) is 3. The smallest absolute Gasteiger partial charge is 0.228 e. The molecule has 4 nitrogen and oxygen atoms in total. The van der Waals surface area contributed by atoms with Crippen molar-refractivity contribution in [2.45, 2.75) is 50.7 Å². The standard InChI is InChI=1S/C16H20ClN3O/c1-9-4-11(8-20(9)12-2-3-12)18-15-5-10-6-16(21)19-14(10)7-13(15)17/h5,7,9,11-12,18H,2-4,6,8H2,1H3,(H,19,21). The summed E-state index contributed by atoms with van der Waals surface area (Å²) in [5, 5.41) is 7.11. The second kappa shape index (κ2) is 4.89. The fourth-order valence-electron chi connectivity index (χ4n) is 3.65. The van der Waals surface area contributed by atoms with Crippen LogP contribution in [0.25, 0.3) is 0 Å². The minimum absolute atomic E-state index is 0.0487. The Morgan fingerprint density at radius 3 is 2.95 bits per heavy atom. The van der Waals surface area contributed by atoms with Crippen LogP contribution in [0.5, 0.6) is 0 Å². The molecule has 0 spiro atoms. The molecular weight excluding hydrogens is 286 g/mol. The van der Waals surface area contributed by atoms with Gasteiger partial charge in [0.2, 0.25) is 5.91 Å². The van der Waals surface area contributed by atoms with Crippen LogP contribution in [0.1, 0.15) is 31.7 Å². The Morgan fingerprint density at radius 2 is 2.19 bits per heavy atom. The van der Waals surface area contributed by atoms with Gasteiger partial charge in [0.1, 0.15) is 0 Å². The summed E-state index contributed by atoms with van der Waals surface area (Å²) in [5.74, 6) is 0.0487. The highest BCUT2D eigenvalue weighted by Gasteiger charge is 2.38. The quantitative estimate of drug-likeness (QED) is 0.902. The molecule has 1 aromatic carbocycles. The Morgan fingerprint density at radius 1 is 1.38 bits per heavy atom. The molecule has 0 aromatic heterocycles. The number of benzene rings is 1. The second-order valence-electron chi connectivity index (χ2n) is 6.57. The molecule has 5 heteroatoms. The maximum absolute atomic E-state index is 11.5. The first-order chi connectivity index (χ1) is 10.1. The van der Waals surface area contributed by atoms with Crippen molar-refractivity contribution >= 4 is 28.9 Å². The van der Waals surface area contributed by atoms with Crippen LogP contribution in [-0.2, 0) is 11.2 Å². The van der Waals surface area contributed by atoms with E-state index in [0.29, 0.717) is 23.5 Å². The van der Waals surface area contributed by atoms with E-state index in [0.717, 1.165) is 35.9 Å². The molecule has 0 radical (unpaired) electrons. The van der Waals surface area contributed by atoms with E-state index in [1.165, 1.54) is 12.8 Å². The third kappa shape index (κ3) is 2.51. The molecule has 1 saturated heterocycles. The van der Waals surface area contributed by atoms with Crippen molar-refractivity contribution in [2.75, 3.05) is 17.2 Å². The van der Waals surface area contributed by atoms with Crippen molar-refractivity contribution in [3.8, 4) is 0 Å². The molecule has 1 saturated carbocycles. The molecule has 2 aliphatic heterocycles. The van der Waals surface area contributed by atoms with E-state index >= 15 is 0 Å². The van der Waals surface area contributed by atoms with Crippen LogP contribution in [0.2, 0.25) is 5.02 Å². The van der Waals surface area contributed by atoms with Gasteiger partial charge in [-0.25, -0.2) is 0 Å². The normalized spacial score (nSPS) is 28.6. The molecule has 1 aliphatic carbocycles. The number of halogens is 1. The van der Waals surface area contributed by atoms with Crippen LogP contribution in [0, 0.1) is 0 Å². The zero-order valence-corrected chi connectivity index (χ0v) is 12.9. The van der Waals surface area contributed by atoms with Gasteiger partial charge >= 0.3 is 0 Å². The number of rotatable bonds is 3. The Hall–Kier alpha value is -1.26. The van der Waals surface area contributed by atoms with E-state index in [9.17, 15) is 4.79 Å². The van der Waals surface area contributed by atoms with Gasteiger partial charge < -0.3 is 10.6 Å². The molecule has 112 valence electrons. The summed E-state index contributed by atoms with van der Waals surface area (Å²) in [7, 11) is 0. The van der Waals surface area contributed by atoms with E-state index in [1.807, 2.05) is 12.1 Å². The number of fused-ring (bicyclic) bond motifs is 1. The first-order valence-corrected chi connectivity index (χ1v) is 8.12. The molecule has 3 aliphatic rings. The van der Waals surface area contributed by atoms with Crippen LogP contribution in [0.4, 0.5) is 11.4 Å². The van der Waals surface area contributed by atoms with Gasteiger partial charge in [0.25, 0.3) is 0 Å². The first kappa shape index (κ1) is 13.4. The molecular formula is C16H20ClN3O. The topological polar surface area (TPSA) is 44.4 Å². The average molecular weight is 306 g/mol. The zero-order valence-electron chi connectivity index (χ0n) is 12.2. The summed E-state index contributed by atoms with van der Waals surface area (Å²) in [6.07, 6.45) is 4.31. The fourth-order valence-corrected chi connectivity index (χ4v) is 3.87. The lowest BCUT2D eigenvalue weighted by Crippen LogP contribution is -2.31. The van der Waals surface area contributed by atoms with Crippen LogP contribution >= 0.6 is 11.6 Å². The van der Waals surface area contributed by atoms with Gasteiger partial charge in [-0.05, 0) is 43.9 Å². The largest absolute Gasteiger partial charge is 0.380 e. The van der Waals surface area contributed by atoms with E-state index < -0.39 is 0 Å². The van der Waals surface area contributed by atoms with Crippen molar-refractivity contribution in [1.82, 2.24) is 4.90 Å². The SMILES string of the molecule is CC1CC(Nc2cc3c(cc2Cl)NC(=O)C3)CN1C1CC1. The summed E-state index contributed by atoms with van der Waals surface area (Å²) in [6, 6.07) is 5.79. The minimum Gasteiger partial charge on any atom is -0.380 e. The minimum atomic E-state index is 0.0487. The highest BCUT2D eigenvalue weighted by atomic mass is 35.5. The number of anilines is 2. The van der Waals surface area contributed by atoms with Gasteiger partial charge in [-0.3, -0.25) is 9.69 Å². The number of nitrogens with one attached hydrogen (secondary N) is 2. The molecule has 21 heavy (non-hydrogen) atoms. The third-order valence-corrected chi connectivity index (χ3v) is 5.13. The molecule has 2 heterocycles. The summed E-state index contributed by atoms with van der Waals surface area (Å²) >= 11 is 6.35. The lowest BCUT2D eigenvalue weighted by molar-refractivity contribution is -0.115. The lowest BCUT2D eigenvalue weighted by Gasteiger charge is -2.20. The molecule has 2 N–H and O–H groups in total. The monoisotopic (exact) mass is 305 g/mol. The van der Waals surface area contributed by atoms with Crippen molar-refractivity contribution in [2.24, 2.45) is 0 Å². The van der Waals surface area contributed by atoms with E-state index in [4.69, 9.17) is 11.6 Å². The van der Waals surface area contributed by atoms with Crippen LogP contribution in [-0.4, -0.2) is 35.5 Å². The molecule has 2 unspecified atom stereocenters. The number of carbonyl (C=O) groups excluding carboxylic acids is 1. The van der Waals surface area contributed by atoms with E-state index in [2.05, 4.69) is 22.5 Å². The van der Waals surface area contributed by atoms with Crippen molar-refractivity contribution < 1.29 is 4.79 Å². The zero-order chi connectivity index (χ0) is 14.6. The molecule has 2 fully saturated rings. The van der Waals surface area contributed by atoms with Crippen molar-refractivity contribution in [1.29, 1.82) is 0 Å². The molecule has 1 amide bonds. The summed E-state index contributed by atoms with van der Waals surface area (Å²) in [6.45, 7) is 3.41. The average Bonchev–Trinajstić information content (AvgIpc) is 3.11. The van der Waals surface area contributed by atoms with E-state index in [1.54, 1.807) is 0 Å². The number of amides is 1. The van der Waals surface area contributed by atoms with Crippen molar-refractivity contribution in [3.05, 3.63) is 22.7 Å². The Bertz CT molecular complexity index is 599. The second-order valence-corrected chi connectivity index (χ2v) is 6.98. The number of carbonyl (C=O) groups is 1. The predicted molar refractivity (Wildman–Crippen MR) is 85.0 cm³/mol. The highest BCUT2D eigenvalue weighted by Crippen LogP contribution is 2.36. The molecule has 0 bridgehead atoms. The first-order valence-electron chi connectivity index (χ1n) is 7.74. The Balaban J connectivity index is 1.50. The maximum atomic E-state index is 11.5. The van der Waals surface area contributed by atoms with Gasteiger partial charge in [-0.1, -0.05) is 11.6 Å². The number of hydrogen-bond donors (Lipinski definition) is 2. The Labute approximate surface area is 129 Å². The highest BCUT2D eigenvalue weighted by molar-refractivity contribution is 6.33. The summed E-state index contributed by atoms with van der Waals surface area (Å²) in [4.78, 5) is 14.1. The third-order valence-electron chi connectivity index (χ3n) is 4.82. The van der Waals surface area contributed by atoms with Gasteiger partial charge in [0, 0.05) is 30.4 Å². The maximum Gasteiger partial charge on any atom is 0.228 e. The van der Waals surface area contributed by atoms with Crippen LogP contribution in [0.15, 0.2) is 12.1 Å². The lowest BCUT2D eigenvalue weighted by atomic mass is 10.1. The van der Waals surface area contributed by atoms with Crippen LogP contribution in [0.3, 0.4) is 0 Å². The predicted octanol–water partition coefficient (Wildman–Crippen LogP) is 2.87. The Kier molecular flexibility index (Phi) is 3.12. The fraction of sp³-hybridized carbons (Fsp3) is 0.562. The number of likely N-dealkylation sites (tertiary alicyclic amines) is 1. The number of nitrogens with zero attached hydrogens (tertiary/aromatic N) is 1. The summed E-state index contributed by atoms with van der Waals surface area (Å²) in [5.41, 5.74) is 2.86.